The molecule has 0 aliphatic heterocycles. The summed E-state index contributed by atoms with van der Waals surface area (Å²) in [7, 11) is 0. The molecule has 8 heteroatoms. The average Bonchev–Trinajstić information content (AvgIpc) is 3.32. The van der Waals surface area contributed by atoms with Crippen molar-refractivity contribution in [3.63, 3.8) is 0 Å². The number of H-pyrrole nitrogens is 1. The Morgan fingerprint density at radius 3 is 2.59 bits per heavy atom. The molecule has 1 amide bonds. The molecule has 0 saturated heterocycles. The molecule has 6 nitrogen and oxygen atoms in total. The highest BCUT2D eigenvalue weighted by atomic mass is 79.9. The second kappa shape index (κ2) is 8.18. The first kappa shape index (κ1) is 19.4. The third-order valence-corrected chi connectivity index (χ3v) is 5.96. The molecule has 0 saturated carbocycles. The predicted molar refractivity (Wildman–Crippen MR) is 116 cm³/mol. The number of hydrogen-bond acceptors (Lipinski definition) is 5. The summed E-state index contributed by atoms with van der Waals surface area (Å²) >= 11 is 4.77. The van der Waals surface area contributed by atoms with Gasteiger partial charge in [0.1, 0.15) is 12.3 Å². The Labute approximate surface area is 179 Å². The number of para-hydroxylation sites is 2. The Bertz CT molecular complexity index is 1190. The van der Waals surface area contributed by atoms with Gasteiger partial charge in [-0.3, -0.25) is 9.69 Å². The van der Waals surface area contributed by atoms with Gasteiger partial charge in [0.15, 0.2) is 5.13 Å². The lowest BCUT2D eigenvalue weighted by atomic mass is 10.2. The minimum atomic E-state index is -0.478. The lowest BCUT2D eigenvalue weighted by molar-refractivity contribution is -0.115. The molecule has 2 aromatic carbocycles. The summed E-state index contributed by atoms with van der Waals surface area (Å²) in [5.74, 6) is -0.620. The molecule has 4 rings (SSSR count). The molecule has 146 valence electrons. The van der Waals surface area contributed by atoms with Crippen molar-refractivity contribution < 1.29 is 14.3 Å². The molecule has 0 spiro atoms. The molecule has 0 atom stereocenters. The molecule has 2 aromatic heterocycles. The van der Waals surface area contributed by atoms with E-state index in [2.05, 4.69) is 25.9 Å². The zero-order valence-corrected chi connectivity index (χ0v) is 17.8. The van der Waals surface area contributed by atoms with Crippen molar-refractivity contribution in [2.24, 2.45) is 0 Å². The van der Waals surface area contributed by atoms with Gasteiger partial charge >= 0.3 is 5.97 Å². The number of hydrogen-bond donors (Lipinski definition) is 1. The number of nitrogens with one attached hydrogen (secondary N) is 1. The van der Waals surface area contributed by atoms with Crippen molar-refractivity contribution in [2.75, 3.05) is 4.90 Å². The molecule has 1 N–H and O–H groups in total. The SMILES string of the molecule is CC(=O)N(c1ccccc1)c1nc(COC(=O)c2[nH]c3ccccc3c2Br)cs1. The fourth-order valence-electron chi connectivity index (χ4n) is 2.93. The van der Waals surface area contributed by atoms with Crippen LogP contribution in [0.3, 0.4) is 0 Å². The van der Waals surface area contributed by atoms with Gasteiger partial charge in [0.25, 0.3) is 0 Å². The highest BCUT2D eigenvalue weighted by Gasteiger charge is 2.20. The van der Waals surface area contributed by atoms with E-state index in [-0.39, 0.29) is 12.5 Å². The summed E-state index contributed by atoms with van der Waals surface area (Å²) in [6.07, 6.45) is 0. The maximum Gasteiger partial charge on any atom is 0.356 e. The molecule has 4 aromatic rings. The molecular formula is C21H16BrN3O3S. The number of rotatable bonds is 5. The van der Waals surface area contributed by atoms with Crippen molar-refractivity contribution >= 4 is 60.9 Å². The van der Waals surface area contributed by atoms with Gasteiger partial charge in [-0.1, -0.05) is 36.4 Å². The van der Waals surface area contributed by atoms with Crippen LogP contribution in [-0.2, 0) is 16.1 Å². The summed E-state index contributed by atoms with van der Waals surface area (Å²) in [6, 6.07) is 16.9. The Balaban J connectivity index is 1.49. The first-order valence-electron chi connectivity index (χ1n) is 8.78. The van der Waals surface area contributed by atoms with E-state index in [9.17, 15) is 9.59 Å². The highest BCUT2D eigenvalue weighted by molar-refractivity contribution is 9.10. The number of carbonyl (C=O) groups is 2. The normalized spacial score (nSPS) is 10.8. The summed E-state index contributed by atoms with van der Waals surface area (Å²) in [4.78, 5) is 33.7. The topological polar surface area (TPSA) is 75.3 Å². The maximum absolute atomic E-state index is 12.5. The zero-order valence-electron chi connectivity index (χ0n) is 15.4. The molecule has 2 heterocycles. The zero-order chi connectivity index (χ0) is 20.4. The van der Waals surface area contributed by atoms with E-state index in [0.717, 1.165) is 16.6 Å². The van der Waals surface area contributed by atoms with Crippen LogP contribution in [-0.4, -0.2) is 21.8 Å². The van der Waals surface area contributed by atoms with E-state index in [1.165, 1.54) is 23.2 Å². The number of benzene rings is 2. The molecule has 0 bridgehead atoms. The number of anilines is 2. The van der Waals surface area contributed by atoms with Crippen LogP contribution in [0.5, 0.6) is 0 Å². The van der Waals surface area contributed by atoms with Gasteiger partial charge < -0.3 is 9.72 Å². The number of esters is 1. The maximum atomic E-state index is 12.5. The number of thiazole rings is 1. The van der Waals surface area contributed by atoms with Crippen LogP contribution in [0.1, 0.15) is 23.1 Å². The number of carbonyl (C=O) groups excluding carboxylic acids is 2. The number of amides is 1. The van der Waals surface area contributed by atoms with Gasteiger partial charge in [-0.2, -0.15) is 0 Å². The van der Waals surface area contributed by atoms with Crippen molar-refractivity contribution in [3.8, 4) is 0 Å². The Kier molecular flexibility index (Phi) is 5.46. The van der Waals surface area contributed by atoms with E-state index in [0.29, 0.717) is 21.0 Å². The average molecular weight is 470 g/mol. The van der Waals surface area contributed by atoms with E-state index in [4.69, 9.17) is 4.74 Å². The number of halogens is 1. The van der Waals surface area contributed by atoms with Crippen LogP contribution in [0.15, 0.2) is 64.5 Å². The number of nitrogens with zero attached hydrogens (tertiary/aromatic N) is 2. The van der Waals surface area contributed by atoms with Crippen LogP contribution in [0, 0.1) is 0 Å². The summed E-state index contributed by atoms with van der Waals surface area (Å²) < 4.78 is 6.09. The summed E-state index contributed by atoms with van der Waals surface area (Å²) in [5, 5.41) is 3.22. The molecule has 0 aliphatic rings. The van der Waals surface area contributed by atoms with Crippen LogP contribution in [0.2, 0.25) is 0 Å². The molecule has 0 fully saturated rings. The lowest BCUT2D eigenvalue weighted by Gasteiger charge is -2.17. The number of aromatic nitrogens is 2. The van der Waals surface area contributed by atoms with Gasteiger partial charge in [0, 0.05) is 23.2 Å². The Hall–Kier alpha value is -2.97. The van der Waals surface area contributed by atoms with Crippen molar-refractivity contribution in [3.05, 3.63) is 75.8 Å². The number of fused-ring (bicyclic) bond motifs is 1. The predicted octanol–water partition coefficient (Wildman–Crippen LogP) is 5.43. The van der Waals surface area contributed by atoms with E-state index in [1.54, 1.807) is 5.38 Å². The number of ether oxygens (including phenoxy) is 1. The largest absolute Gasteiger partial charge is 0.454 e. The van der Waals surface area contributed by atoms with Crippen molar-refractivity contribution in [1.82, 2.24) is 9.97 Å². The van der Waals surface area contributed by atoms with Gasteiger partial charge in [0.05, 0.1) is 15.9 Å². The fraction of sp³-hybridized carbons (Fsp3) is 0.0952. The first-order chi connectivity index (χ1) is 14.0. The third-order valence-electron chi connectivity index (χ3n) is 4.26. The second-order valence-electron chi connectivity index (χ2n) is 6.25. The summed E-state index contributed by atoms with van der Waals surface area (Å²) in [6.45, 7) is 1.50. The van der Waals surface area contributed by atoms with Crippen LogP contribution < -0.4 is 4.90 Å². The summed E-state index contributed by atoms with van der Waals surface area (Å²) in [5.41, 5.74) is 2.52. The lowest BCUT2D eigenvalue weighted by Crippen LogP contribution is -2.22. The molecule has 0 aliphatic carbocycles. The van der Waals surface area contributed by atoms with Crippen molar-refractivity contribution in [1.29, 1.82) is 0 Å². The molecule has 0 radical (unpaired) electrons. The van der Waals surface area contributed by atoms with Crippen LogP contribution in [0.4, 0.5) is 10.8 Å². The van der Waals surface area contributed by atoms with Gasteiger partial charge in [-0.15, -0.1) is 11.3 Å². The van der Waals surface area contributed by atoms with Gasteiger partial charge in [0.2, 0.25) is 5.91 Å². The van der Waals surface area contributed by atoms with Crippen molar-refractivity contribution in [2.45, 2.75) is 13.5 Å². The monoisotopic (exact) mass is 469 g/mol. The standard InChI is InChI=1S/C21H16BrN3O3S/c1-13(26)25(15-7-3-2-4-8-15)21-23-14(12-29-21)11-28-20(27)19-18(22)16-9-5-6-10-17(16)24-19/h2-10,12,24H,11H2,1H3. The van der Waals surface area contributed by atoms with Crippen LogP contribution >= 0.6 is 27.3 Å². The molecular weight excluding hydrogens is 454 g/mol. The fourth-order valence-corrected chi connectivity index (χ4v) is 4.41. The number of aromatic amines is 1. The van der Waals surface area contributed by atoms with E-state index in [1.807, 2.05) is 54.6 Å². The smallest absolute Gasteiger partial charge is 0.356 e. The first-order valence-corrected chi connectivity index (χ1v) is 10.5. The third kappa shape index (κ3) is 3.94. The minimum absolute atomic E-state index is 0.0116. The van der Waals surface area contributed by atoms with Gasteiger partial charge in [-0.25, -0.2) is 9.78 Å². The van der Waals surface area contributed by atoms with E-state index >= 15 is 0 Å². The second-order valence-corrected chi connectivity index (χ2v) is 7.88. The van der Waals surface area contributed by atoms with Crippen LogP contribution in [0.25, 0.3) is 10.9 Å². The quantitative estimate of drug-likeness (QED) is 0.395. The molecule has 29 heavy (non-hydrogen) atoms. The minimum Gasteiger partial charge on any atom is -0.454 e. The Morgan fingerprint density at radius 2 is 1.86 bits per heavy atom. The Morgan fingerprint density at radius 1 is 1.14 bits per heavy atom. The van der Waals surface area contributed by atoms with Gasteiger partial charge in [-0.05, 0) is 34.1 Å². The highest BCUT2D eigenvalue weighted by Crippen LogP contribution is 2.30. The van der Waals surface area contributed by atoms with E-state index < -0.39 is 5.97 Å². The molecule has 0 unspecified atom stereocenters.